The molecule has 0 nitrogen and oxygen atoms in total. The Balaban J connectivity index is 3.05. The average Bonchev–Trinajstić information content (AvgIpc) is 2.35. The monoisotopic (exact) mass is 292 g/mol. The Labute approximate surface area is 124 Å². The van der Waals surface area contributed by atoms with Gasteiger partial charge in [0.15, 0.2) is 0 Å². The maximum Gasteiger partial charge on any atom is 0.131 e. The van der Waals surface area contributed by atoms with E-state index in [2.05, 4.69) is 89.7 Å². The third-order valence-corrected chi connectivity index (χ3v) is 16.4. The Bertz CT molecular complexity index is 385. The fraction of sp³-hybridized carbons (Fsp3) is 0.529. The molecule has 0 spiro atoms. The summed E-state index contributed by atoms with van der Waals surface area (Å²) in [6.45, 7) is 18.8. The Kier molecular flexibility index (Phi) is 5.94. The highest BCUT2D eigenvalue weighted by molar-refractivity contribution is 8.35. The van der Waals surface area contributed by atoms with Crippen molar-refractivity contribution in [1.82, 2.24) is 0 Å². The van der Waals surface area contributed by atoms with Crippen LogP contribution in [0.5, 0.6) is 0 Å². The van der Waals surface area contributed by atoms with Crippen LogP contribution in [0.25, 0.3) is 4.91 Å². The van der Waals surface area contributed by atoms with E-state index >= 15 is 0 Å². The van der Waals surface area contributed by atoms with Crippen LogP contribution in [0.3, 0.4) is 0 Å². The van der Waals surface area contributed by atoms with Gasteiger partial charge in [0.25, 0.3) is 0 Å². The van der Waals surface area contributed by atoms with E-state index in [-0.39, 0.29) is 0 Å². The molecule has 0 fully saturated rings. The third kappa shape index (κ3) is 3.54. The van der Waals surface area contributed by atoms with Gasteiger partial charge >= 0.3 is 0 Å². The molecular weight excluding hydrogens is 264 g/mol. The van der Waals surface area contributed by atoms with Crippen LogP contribution < -0.4 is 0 Å². The van der Waals surface area contributed by atoms with Crippen LogP contribution in [-0.4, -0.2) is 7.22 Å². The van der Waals surface area contributed by atoms with Crippen molar-refractivity contribution in [2.24, 2.45) is 0 Å². The lowest BCUT2D eigenvalue weighted by molar-refractivity contribution is 0.852. The lowest BCUT2D eigenvalue weighted by Gasteiger charge is -2.42. The predicted octanol–water partition coefficient (Wildman–Crippen LogP) is 6.57. The molecule has 0 saturated heterocycles. The molecule has 1 aromatic rings. The van der Waals surface area contributed by atoms with Gasteiger partial charge in [0.05, 0.1) is 0 Å². The van der Waals surface area contributed by atoms with E-state index in [9.17, 15) is 0 Å². The van der Waals surface area contributed by atoms with E-state index in [0.717, 1.165) is 16.6 Å². The summed E-state index contributed by atoms with van der Waals surface area (Å²) in [7, 11) is -1.46. The molecule has 0 bridgehead atoms. The number of hydrogen-bond donors (Lipinski definition) is 0. The predicted molar refractivity (Wildman–Crippen MR) is 94.1 cm³/mol. The summed E-state index contributed by atoms with van der Waals surface area (Å²) in [4.78, 5) is 1.25. The Morgan fingerprint density at radius 3 is 1.68 bits per heavy atom. The molecule has 2 heteroatoms. The summed E-state index contributed by atoms with van der Waals surface area (Å²) in [5.74, 6) is 0. The van der Waals surface area contributed by atoms with Crippen LogP contribution in [0.2, 0.25) is 16.6 Å². The Morgan fingerprint density at radius 1 is 0.895 bits per heavy atom. The zero-order valence-corrected chi connectivity index (χ0v) is 15.1. The van der Waals surface area contributed by atoms with Crippen LogP contribution in [0.15, 0.2) is 36.9 Å². The van der Waals surface area contributed by atoms with Crippen molar-refractivity contribution in [3.8, 4) is 0 Å². The summed E-state index contributed by atoms with van der Waals surface area (Å²) in [6, 6.07) is 10.6. The van der Waals surface area contributed by atoms with Crippen molar-refractivity contribution in [2.75, 3.05) is 0 Å². The van der Waals surface area contributed by atoms with Gasteiger partial charge < -0.3 is 0 Å². The first-order valence-electron chi connectivity index (χ1n) is 7.25. The second kappa shape index (κ2) is 6.80. The molecule has 1 rings (SSSR count). The summed E-state index contributed by atoms with van der Waals surface area (Å²) >= 11 is 2.11. The molecule has 0 amide bonds. The Hall–Kier alpha value is -0.473. The summed E-state index contributed by atoms with van der Waals surface area (Å²) in [5, 5.41) is 0. The number of benzene rings is 1. The van der Waals surface area contributed by atoms with E-state index in [4.69, 9.17) is 0 Å². The van der Waals surface area contributed by atoms with E-state index < -0.39 is 7.22 Å². The Morgan fingerprint density at radius 2 is 1.32 bits per heavy atom. The van der Waals surface area contributed by atoms with Gasteiger partial charge in [0, 0.05) is 4.91 Å². The van der Waals surface area contributed by atoms with Crippen LogP contribution in [-0.2, 0) is 0 Å². The molecule has 0 aliphatic heterocycles. The second-order valence-corrected chi connectivity index (χ2v) is 14.8. The van der Waals surface area contributed by atoms with Crippen molar-refractivity contribution in [3.05, 3.63) is 42.5 Å². The largest absolute Gasteiger partial charge is 0.150 e. The van der Waals surface area contributed by atoms with Gasteiger partial charge in [-0.3, -0.25) is 0 Å². The van der Waals surface area contributed by atoms with Gasteiger partial charge in [-0.05, 0) is 22.2 Å². The van der Waals surface area contributed by atoms with E-state index in [1.165, 1.54) is 10.5 Å². The molecule has 0 aliphatic carbocycles. The number of rotatable bonds is 6. The van der Waals surface area contributed by atoms with Gasteiger partial charge in [0.1, 0.15) is 7.22 Å². The van der Waals surface area contributed by atoms with Gasteiger partial charge in [-0.25, -0.2) is 0 Å². The molecule has 0 heterocycles. The maximum absolute atomic E-state index is 4.35. The van der Waals surface area contributed by atoms with Crippen LogP contribution in [0.1, 0.15) is 47.1 Å². The second-order valence-electron chi connectivity index (χ2n) is 6.21. The first kappa shape index (κ1) is 16.6. The molecule has 0 N–H and O–H groups in total. The van der Waals surface area contributed by atoms with Crippen LogP contribution >= 0.6 is 11.2 Å². The molecule has 0 aliphatic rings. The fourth-order valence-electron chi connectivity index (χ4n) is 3.25. The summed E-state index contributed by atoms with van der Waals surface area (Å²) < 4.78 is 0. The molecule has 106 valence electrons. The normalized spacial score (nSPS) is 12.5. The highest BCUT2D eigenvalue weighted by atomic mass is 32.4. The molecule has 0 atom stereocenters. The van der Waals surface area contributed by atoms with Crippen molar-refractivity contribution in [2.45, 2.75) is 58.2 Å². The molecule has 0 unspecified atom stereocenters. The first-order valence-corrected chi connectivity index (χ1v) is 11.0. The zero-order valence-electron chi connectivity index (χ0n) is 13.2. The van der Waals surface area contributed by atoms with Crippen LogP contribution in [0.4, 0.5) is 0 Å². The van der Waals surface area contributed by atoms with E-state index in [1.54, 1.807) is 0 Å². The van der Waals surface area contributed by atoms with Crippen molar-refractivity contribution in [1.29, 1.82) is 0 Å². The molecule has 0 radical (unpaired) electrons. The van der Waals surface area contributed by atoms with Gasteiger partial charge in [-0.1, -0.05) is 78.5 Å². The van der Waals surface area contributed by atoms with Crippen molar-refractivity contribution in [3.63, 3.8) is 0 Å². The average molecular weight is 293 g/mol. The minimum Gasteiger partial charge on any atom is -0.150 e. The quantitative estimate of drug-likeness (QED) is 0.535. The van der Waals surface area contributed by atoms with Gasteiger partial charge in [-0.15, -0.1) is 0 Å². The van der Waals surface area contributed by atoms with Gasteiger partial charge in [0.2, 0.25) is 0 Å². The lowest BCUT2D eigenvalue weighted by atomic mass is 10.2. The van der Waals surface area contributed by atoms with Crippen molar-refractivity contribution >= 4 is 23.3 Å². The highest BCUT2D eigenvalue weighted by Gasteiger charge is 2.44. The lowest BCUT2D eigenvalue weighted by Crippen LogP contribution is -2.41. The summed E-state index contributed by atoms with van der Waals surface area (Å²) in [5.41, 5.74) is 3.57. The smallest absolute Gasteiger partial charge is 0.131 e. The minimum atomic E-state index is -1.46. The highest BCUT2D eigenvalue weighted by Crippen LogP contribution is 2.53. The maximum atomic E-state index is 4.35. The molecule has 0 saturated carbocycles. The molecular formula is C17H28SSi. The van der Waals surface area contributed by atoms with E-state index in [1.807, 2.05) is 0 Å². The molecule has 19 heavy (non-hydrogen) atoms. The SMILES string of the molecule is C=C(S[Si](C(C)C)(C(C)C)C(C)C)c1ccccc1. The molecule has 1 aromatic carbocycles. The van der Waals surface area contributed by atoms with Crippen LogP contribution in [0, 0.1) is 0 Å². The third-order valence-electron chi connectivity index (χ3n) is 4.10. The molecule has 0 aromatic heterocycles. The number of hydrogen-bond acceptors (Lipinski definition) is 1. The van der Waals surface area contributed by atoms with Crippen molar-refractivity contribution < 1.29 is 0 Å². The minimum absolute atomic E-state index is 0.762. The standard InChI is InChI=1S/C17H28SSi/c1-13(2)19(14(3)4,15(5)6)18-16(7)17-11-9-8-10-12-17/h8-15H,7H2,1-6H3. The topological polar surface area (TPSA) is 0 Å². The zero-order chi connectivity index (χ0) is 14.6. The summed E-state index contributed by atoms with van der Waals surface area (Å²) in [6.07, 6.45) is 0. The van der Waals surface area contributed by atoms with Gasteiger partial charge in [-0.2, -0.15) is 11.2 Å². The van der Waals surface area contributed by atoms with E-state index in [0.29, 0.717) is 0 Å². The fourth-order valence-corrected chi connectivity index (χ4v) is 12.4. The first-order chi connectivity index (χ1) is 8.82.